The van der Waals surface area contributed by atoms with Gasteiger partial charge in [-0.1, -0.05) is 30.9 Å². The lowest BCUT2D eigenvalue weighted by Gasteiger charge is -2.09. The maximum Gasteiger partial charge on any atom is 0.314 e. The minimum Gasteiger partial charge on any atom is -0.481 e. The van der Waals surface area contributed by atoms with Crippen LogP contribution in [0.5, 0.6) is 0 Å². The lowest BCUT2D eigenvalue weighted by atomic mass is 9.96. The van der Waals surface area contributed by atoms with Gasteiger partial charge in [0, 0.05) is 0 Å². The zero-order valence-electron chi connectivity index (χ0n) is 5.45. The van der Waals surface area contributed by atoms with Crippen LogP contribution in [-0.4, -0.2) is 11.1 Å². The molecule has 0 aromatic carbocycles. The Bertz CT molecular complexity index is 223. The van der Waals surface area contributed by atoms with Gasteiger partial charge in [-0.3, -0.25) is 4.79 Å². The van der Waals surface area contributed by atoms with E-state index in [0.29, 0.717) is 5.57 Å². The van der Waals surface area contributed by atoms with E-state index < -0.39 is 11.9 Å². The third-order valence-electron chi connectivity index (χ3n) is 1.39. The van der Waals surface area contributed by atoms with Gasteiger partial charge in [-0.2, -0.15) is 0 Å². The number of hydrogen-bond acceptors (Lipinski definition) is 1. The van der Waals surface area contributed by atoms with Crippen molar-refractivity contribution < 1.29 is 9.90 Å². The molecule has 2 heteroatoms. The Morgan fingerprint density at radius 3 is 2.70 bits per heavy atom. The smallest absolute Gasteiger partial charge is 0.314 e. The summed E-state index contributed by atoms with van der Waals surface area (Å²) >= 11 is 0. The van der Waals surface area contributed by atoms with Gasteiger partial charge in [-0.15, -0.1) is 0 Å². The minimum atomic E-state index is -0.842. The molecule has 1 N–H and O–H groups in total. The predicted octanol–water partition coefficient (Wildman–Crippen LogP) is 1.37. The van der Waals surface area contributed by atoms with Gasteiger partial charge in [0.25, 0.3) is 0 Å². The first kappa shape index (κ1) is 6.81. The van der Waals surface area contributed by atoms with Crippen molar-refractivity contribution in [1.82, 2.24) is 0 Å². The van der Waals surface area contributed by atoms with Gasteiger partial charge >= 0.3 is 5.97 Å². The maximum atomic E-state index is 10.4. The van der Waals surface area contributed by atoms with Crippen LogP contribution in [-0.2, 0) is 4.79 Å². The van der Waals surface area contributed by atoms with E-state index in [1.807, 2.05) is 0 Å². The summed E-state index contributed by atoms with van der Waals surface area (Å²) in [6.45, 7) is 3.60. The number of carboxylic acids is 1. The summed E-state index contributed by atoms with van der Waals surface area (Å²) < 4.78 is 0. The number of rotatable bonds is 1. The molecule has 0 bridgehead atoms. The molecule has 0 aromatic heterocycles. The first-order valence-electron chi connectivity index (χ1n) is 2.98. The first-order valence-corrected chi connectivity index (χ1v) is 2.98. The van der Waals surface area contributed by atoms with E-state index in [0.717, 1.165) is 0 Å². The Balaban J connectivity index is 2.80. The van der Waals surface area contributed by atoms with Gasteiger partial charge in [0.15, 0.2) is 0 Å². The van der Waals surface area contributed by atoms with Gasteiger partial charge in [-0.25, -0.2) is 0 Å². The van der Waals surface area contributed by atoms with Gasteiger partial charge in [0.1, 0.15) is 0 Å². The van der Waals surface area contributed by atoms with Crippen molar-refractivity contribution in [3.63, 3.8) is 0 Å². The van der Waals surface area contributed by atoms with Crippen LogP contribution in [0.15, 0.2) is 36.5 Å². The molecule has 0 saturated carbocycles. The first-order chi connectivity index (χ1) is 4.72. The minimum absolute atomic E-state index is 0.523. The normalized spacial score (nSPS) is 23.2. The summed E-state index contributed by atoms with van der Waals surface area (Å²) in [5, 5.41) is 8.56. The van der Waals surface area contributed by atoms with Crippen LogP contribution in [0.4, 0.5) is 0 Å². The third-order valence-corrected chi connectivity index (χ3v) is 1.39. The zero-order chi connectivity index (χ0) is 7.56. The third kappa shape index (κ3) is 1.16. The molecule has 0 aliphatic heterocycles. The highest BCUT2D eigenvalue weighted by Crippen LogP contribution is 2.16. The van der Waals surface area contributed by atoms with Crippen LogP contribution >= 0.6 is 0 Å². The van der Waals surface area contributed by atoms with Gasteiger partial charge in [0.05, 0.1) is 5.92 Å². The van der Waals surface area contributed by atoms with Crippen LogP contribution in [0.25, 0.3) is 0 Å². The van der Waals surface area contributed by atoms with Crippen molar-refractivity contribution in [2.45, 2.75) is 0 Å². The predicted molar refractivity (Wildman–Crippen MR) is 38.5 cm³/mol. The number of carbonyl (C=O) groups is 1. The van der Waals surface area contributed by atoms with E-state index in [2.05, 4.69) is 6.58 Å². The van der Waals surface area contributed by atoms with Gasteiger partial charge in [-0.05, 0) is 5.57 Å². The molecule has 0 heterocycles. The van der Waals surface area contributed by atoms with Crippen molar-refractivity contribution in [1.29, 1.82) is 0 Å². The molecule has 0 radical (unpaired) electrons. The molecule has 0 aromatic rings. The maximum absolute atomic E-state index is 10.4. The van der Waals surface area contributed by atoms with Crippen molar-refractivity contribution in [2.75, 3.05) is 0 Å². The second kappa shape index (κ2) is 2.52. The Hall–Kier alpha value is -1.31. The second-order valence-electron chi connectivity index (χ2n) is 2.13. The van der Waals surface area contributed by atoms with Crippen molar-refractivity contribution in [3.8, 4) is 0 Å². The fraction of sp³-hybridized carbons (Fsp3) is 0.125. The van der Waals surface area contributed by atoms with E-state index in [1.54, 1.807) is 24.3 Å². The molecule has 1 aliphatic carbocycles. The summed E-state index contributed by atoms with van der Waals surface area (Å²) in [6.07, 6.45) is 6.82. The molecule has 1 unspecified atom stereocenters. The van der Waals surface area contributed by atoms with E-state index in [-0.39, 0.29) is 0 Å². The molecular weight excluding hydrogens is 128 g/mol. The van der Waals surface area contributed by atoms with Crippen LogP contribution in [0.1, 0.15) is 0 Å². The summed E-state index contributed by atoms with van der Waals surface area (Å²) in [5.74, 6) is -1.37. The molecule has 0 spiro atoms. The highest BCUT2D eigenvalue weighted by molar-refractivity contribution is 5.77. The van der Waals surface area contributed by atoms with E-state index in [1.165, 1.54) is 0 Å². The fourth-order valence-electron chi connectivity index (χ4n) is 0.823. The summed E-state index contributed by atoms with van der Waals surface area (Å²) in [4.78, 5) is 10.4. The lowest BCUT2D eigenvalue weighted by Crippen LogP contribution is -2.13. The fourth-order valence-corrected chi connectivity index (χ4v) is 0.823. The molecule has 2 nitrogen and oxygen atoms in total. The molecule has 0 fully saturated rings. The highest BCUT2D eigenvalue weighted by Gasteiger charge is 2.16. The Labute approximate surface area is 59.2 Å². The van der Waals surface area contributed by atoms with Crippen LogP contribution < -0.4 is 0 Å². The van der Waals surface area contributed by atoms with Crippen LogP contribution in [0.2, 0.25) is 0 Å². The van der Waals surface area contributed by atoms with Gasteiger partial charge < -0.3 is 5.11 Å². The van der Waals surface area contributed by atoms with Crippen molar-refractivity contribution >= 4 is 5.97 Å². The molecule has 1 atom stereocenters. The standard InChI is InChI=1S/C8H8O2/c1-6-4-2-3-5-7(6)8(9)10/h2-5,7H,1H2,(H,9,10). The van der Waals surface area contributed by atoms with E-state index in [9.17, 15) is 4.79 Å². The Morgan fingerprint density at radius 2 is 2.30 bits per heavy atom. The van der Waals surface area contributed by atoms with Crippen molar-refractivity contribution in [2.24, 2.45) is 5.92 Å². The zero-order valence-corrected chi connectivity index (χ0v) is 5.45. The Morgan fingerprint density at radius 1 is 1.60 bits per heavy atom. The molecule has 1 rings (SSSR count). The largest absolute Gasteiger partial charge is 0.481 e. The second-order valence-corrected chi connectivity index (χ2v) is 2.13. The highest BCUT2D eigenvalue weighted by atomic mass is 16.4. The topological polar surface area (TPSA) is 37.3 Å². The monoisotopic (exact) mass is 136 g/mol. The van der Waals surface area contributed by atoms with Crippen LogP contribution in [0.3, 0.4) is 0 Å². The molecular formula is C8H8O2. The summed E-state index contributed by atoms with van der Waals surface area (Å²) in [7, 11) is 0. The van der Waals surface area contributed by atoms with E-state index in [4.69, 9.17) is 5.11 Å². The average molecular weight is 136 g/mol. The number of hydrogen-bond donors (Lipinski definition) is 1. The van der Waals surface area contributed by atoms with Crippen LogP contribution in [0, 0.1) is 5.92 Å². The Kier molecular flexibility index (Phi) is 1.71. The number of allylic oxidation sites excluding steroid dienone is 3. The average Bonchev–Trinajstić information content (AvgIpc) is 1.88. The quantitative estimate of drug-likeness (QED) is 0.591. The number of aliphatic carboxylic acids is 1. The lowest BCUT2D eigenvalue weighted by molar-refractivity contribution is -0.138. The molecule has 10 heavy (non-hydrogen) atoms. The van der Waals surface area contributed by atoms with Crippen molar-refractivity contribution in [3.05, 3.63) is 36.5 Å². The molecule has 1 aliphatic rings. The van der Waals surface area contributed by atoms with Gasteiger partial charge in [0.2, 0.25) is 0 Å². The molecule has 0 amide bonds. The summed E-state index contributed by atoms with van der Waals surface area (Å²) in [5.41, 5.74) is 0.634. The SMILES string of the molecule is C=C1C=CC=CC1C(=O)O. The molecule has 0 saturated heterocycles. The molecule has 52 valence electrons. The van der Waals surface area contributed by atoms with E-state index >= 15 is 0 Å². The number of carboxylic acid groups (broad SMARTS) is 1. The summed E-state index contributed by atoms with van der Waals surface area (Å²) in [6, 6.07) is 0.